The fraction of sp³-hybridized carbons (Fsp3) is 0.444. The average Bonchev–Trinajstić information content (AvgIpc) is 2.86. The van der Waals surface area contributed by atoms with Crippen molar-refractivity contribution in [3.63, 3.8) is 0 Å². The molecule has 2 aromatic carbocycles. The third-order valence-electron chi connectivity index (χ3n) is 6.52. The standard InChI is InChI=1S/C27H34FN3O3/c1-3-19(2)29-27(34)25(30-26(33)22-11-7-8-12-23(22)28)21-15-17-31(18-16-21)24(32)14-13-20-9-5-4-6-10-20/h4-12,19,21,25H,3,13-18H2,1-2H3,(H,29,34)(H,30,33). The Balaban J connectivity index is 1.62. The van der Waals surface area contributed by atoms with E-state index >= 15 is 0 Å². The number of halogens is 1. The van der Waals surface area contributed by atoms with Crippen LogP contribution in [0.1, 0.15) is 55.5 Å². The first-order valence-electron chi connectivity index (χ1n) is 12.1. The monoisotopic (exact) mass is 467 g/mol. The lowest BCUT2D eigenvalue weighted by Gasteiger charge is -2.36. The predicted octanol–water partition coefficient (Wildman–Crippen LogP) is 3.71. The van der Waals surface area contributed by atoms with Gasteiger partial charge in [0.25, 0.3) is 5.91 Å². The molecule has 1 saturated heterocycles. The minimum absolute atomic E-state index is 0.0417. The predicted molar refractivity (Wildman–Crippen MR) is 130 cm³/mol. The van der Waals surface area contributed by atoms with Crippen molar-refractivity contribution in [3.8, 4) is 0 Å². The van der Waals surface area contributed by atoms with E-state index in [0.717, 1.165) is 12.0 Å². The van der Waals surface area contributed by atoms with E-state index in [9.17, 15) is 18.8 Å². The fourth-order valence-corrected chi connectivity index (χ4v) is 4.23. The average molecular weight is 468 g/mol. The molecule has 1 aliphatic heterocycles. The van der Waals surface area contributed by atoms with Crippen LogP contribution in [0.2, 0.25) is 0 Å². The lowest BCUT2D eigenvalue weighted by molar-refractivity contribution is -0.133. The van der Waals surface area contributed by atoms with Crippen LogP contribution in [0, 0.1) is 11.7 Å². The Kier molecular flexibility index (Phi) is 9.19. The van der Waals surface area contributed by atoms with Gasteiger partial charge in [0, 0.05) is 25.6 Å². The highest BCUT2D eigenvalue weighted by Crippen LogP contribution is 2.23. The van der Waals surface area contributed by atoms with E-state index < -0.39 is 17.8 Å². The molecule has 2 atom stereocenters. The van der Waals surface area contributed by atoms with E-state index in [-0.39, 0.29) is 29.3 Å². The Labute approximate surface area is 200 Å². The largest absolute Gasteiger partial charge is 0.352 e. The third kappa shape index (κ3) is 6.89. The Bertz CT molecular complexity index is 974. The first-order valence-corrected chi connectivity index (χ1v) is 12.1. The molecule has 0 aromatic heterocycles. The van der Waals surface area contributed by atoms with Gasteiger partial charge in [-0.25, -0.2) is 4.39 Å². The summed E-state index contributed by atoms with van der Waals surface area (Å²) in [5.74, 6) is -1.55. The van der Waals surface area contributed by atoms with Gasteiger partial charge < -0.3 is 15.5 Å². The number of carbonyl (C=O) groups is 3. The smallest absolute Gasteiger partial charge is 0.254 e. The number of nitrogens with zero attached hydrogens (tertiary/aromatic N) is 1. The van der Waals surface area contributed by atoms with Crippen LogP contribution < -0.4 is 10.6 Å². The van der Waals surface area contributed by atoms with Crippen molar-refractivity contribution >= 4 is 17.7 Å². The second-order valence-corrected chi connectivity index (χ2v) is 8.95. The molecule has 3 amide bonds. The molecule has 1 aliphatic rings. The van der Waals surface area contributed by atoms with Crippen LogP contribution in [0.15, 0.2) is 54.6 Å². The molecule has 0 saturated carbocycles. The van der Waals surface area contributed by atoms with Crippen molar-refractivity contribution in [2.45, 2.75) is 58.0 Å². The van der Waals surface area contributed by atoms with Crippen molar-refractivity contribution in [2.75, 3.05) is 13.1 Å². The second kappa shape index (κ2) is 12.3. The van der Waals surface area contributed by atoms with Crippen molar-refractivity contribution in [1.29, 1.82) is 0 Å². The highest BCUT2D eigenvalue weighted by Gasteiger charge is 2.34. The summed E-state index contributed by atoms with van der Waals surface area (Å²) >= 11 is 0. The van der Waals surface area contributed by atoms with Gasteiger partial charge in [-0.15, -0.1) is 0 Å². The summed E-state index contributed by atoms with van der Waals surface area (Å²) in [5, 5.41) is 5.71. The van der Waals surface area contributed by atoms with Gasteiger partial charge in [-0.3, -0.25) is 14.4 Å². The van der Waals surface area contributed by atoms with E-state index in [4.69, 9.17) is 0 Å². The molecule has 0 bridgehead atoms. The SMILES string of the molecule is CCC(C)NC(=O)C(NC(=O)c1ccccc1F)C1CCN(C(=O)CCc2ccccc2)CC1. The van der Waals surface area contributed by atoms with E-state index in [1.165, 1.54) is 18.2 Å². The molecule has 2 unspecified atom stereocenters. The van der Waals surface area contributed by atoms with Crippen LogP contribution >= 0.6 is 0 Å². The van der Waals surface area contributed by atoms with Crippen molar-refractivity contribution < 1.29 is 18.8 Å². The molecule has 0 aliphatic carbocycles. The van der Waals surface area contributed by atoms with Gasteiger partial charge in [-0.2, -0.15) is 0 Å². The number of amides is 3. The van der Waals surface area contributed by atoms with E-state index in [0.29, 0.717) is 38.8 Å². The zero-order valence-electron chi connectivity index (χ0n) is 19.9. The topological polar surface area (TPSA) is 78.5 Å². The minimum Gasteiger partial charge on any atom is -0.352 e. The molecule has 0 radical (unpaired) electrons. The molecular weight excluding hydrogens is 433 g/mol. The maximum atomic E-state index is 14.1. The Hall–Kier alpha value is -3.22. The van der Waals surface area contributed by atoms with Gasteiger partial charge in [-0.05, 0) is 56.2 Å². The highest BCUT2D eigenvalue weighted by atomic mass is 19.1. The molecule has 3 rings (SSSR count). The minimum atomic E-state index is -0.789. The summed E-state index contributed by atoms with van der Waals surface area (Å²) in [7, 11) is 0. The highest BCUT2D eigenvalue weighted by molar-refractivity contribution is 5.97. The molecule has 34 heavy (non-hydrogen) atoms. The summed E-state index contributed by atoms with van der Waals surface area (Å²) in [4.78, 5) is 40.4. The second-order valence-electron chi connectivity index (χ2n) is 8.95. The summed E-state index contributed by atoms with van der Waals surface area (Å²) in [6, 6.07) is 14.8. The van der Waals surface area contributed by atoms with E-state index in [1.54, 1.807) is 6.07 Å². The lowest BCUT2D eigenvalue weighted by Crippen LogP contribution is -2.55. The molecule has 7 heteroatoms. The lowest BCUT2D eigenvalue weighted by atomic mass is 9.88. The fourth-order valence-electron chi connectivity index (χ4n) is 4.23. The number of hydrogen-bond acceptors (Lipinski definition) is 3. The number of nitrogens with one attached hydrogen (secondary N) is 2. The Morgan fingerprint density at radius 2 is 1.65 bits per heavy atom. The van der Waals surface area contributed by atoms with Crippen molar-refractivity contribution in [2.24, 2.45) is 5.92 Å². The van der Waals surface area contributed by atoms with E-state index in [1.807, 2.05) is 49.1 Å². The van der Waals surface area contributed by atoms with Crippen molar-refractivity contribution in [1.82, 2.24) is 15.5 Å². The first kappa shape index (κ1) is 25.4. The van der Waals surface area contributed by atoms with Crippen LogP contribution in [-0.4, -0.2) is 47.8 Å². The van der Waals surface area contributed by atoms with Gasteiger partial charge in [0.05, 0.1) is 5.56 Å². The van der Waals surface area contributed by atoms with Gasteiger partial charge in [-0.1, -0.05) is 49.4 Å². The number of hydrogen-bond donors (Lipinski definition) is 2. The summed E-state index contributed by atoms with van der Waals surface area (Å²) < 4.78 is 14.1. The maximum Gasteiger partial charge on any atom is 0.254 e. The van der Waals surface area contributed by atoms with Gasteiger partial charge in [0.1, 0.15) is 11.9 Å². The quantitative estimate of drug-likeness (QED) is 0.590. The zero-order chi connectivity index (χ0) is 24.5. The van der Waals surface area contributed by atoms with Crippen LogP contribution in [0.25, 0.3) is 0 Å². The van der Waals surface area contributed by atoms with Crippen LogP contribution in [0.4, 0.5) is 4.39 Å². The molecule has 1 heterocycles. The number of benzene rings is 2. The third-order valence-corrected chi connectivity index (χ3v) is 6.52. The Morgan fingerprint density at radius 1 is 1.00 bits per heavy atom. The van der Waals surface area contributed by atoms with Gasteiger partial charge >= 0.3 is 0 Å². The molecule has 2 aromatic rings. The summed E-state index contributed by atoms with van der Waals surface area (Å²) in [6.07, 6.45) is 3.07. The number of piperidine rings is 1. The van der Waals surface area contributed by atoms with Crippen LogP contribution in [0.3, 0.4) is 0 Å². The summed E-state index contributed by atoms with van der Waals surface area (Å²) in [5.41, 5.74) is 1.04. The van der Waals surface area contributed by atoms with Gasteiger partial charge in [0.15, 0.2) is 0 Å². The van der Waals surface area contributed by atoms with Crippen molar-refractivity contribution in [3.05, 3.63) is 71.5 Å². The molecular formula is C27H34FN3O3. The molecule has 2 N–H and O–H groups in total. The van der Waals surface area contributed by atoms with Crippen LogP contribution in [0.5, 0.6) is 0 Å². The van der Waals surface area contributed by atoms with Gasteiger partial charge in [0.2, 0.25) is 11.8 Å². The maximum absolute atomic E-state index is 14.1. The molecule has 6 nitrogen and oxygen atoms in total. The van der Waals surface area contributed by atoms with E-state index in [2.05, 4.69) is 10.6 Å². The van der Waals surface area contributed by atoms with Crippen LogP contribution in [-0.2, 0) is 16.0 Å². The number of carbonyl (C=O) groups excluding carboxylic acids is 3. The molecule has 182 valence electrons. The number of rotatable bonds is 9. The summed E-state index contributed by atoms with van der Waals surface area (Å²) in [6.45, 7) is 4.93. The zero-order valence-corrected chi connectivity index (χ0v) is 19.9. The number of aryl methyl sites for hydroxylation is 1. The Morgan fingerprint density at radius 3 is 2.29 bits per heavy atom. The molecule has 1 fully saturated rings. The molecule has 0 spiro atoms. The first-order chi connectivity index (χ1) is 16.4. The number of likely N-dealkylation sites (tertiary alicyclic amines) is 1. The normalized spacial score (nSPS) is 15.9.